The molecule has 0 spiro atoms. The van der Waals surface area contributed by atoms with Crippen molar-refractivity contribution in [3.05, 3.63) is 57.4 Å². The van der Waals surface area contributed by atoms with Crippen LogP contribution in [0, 0.1) is 9.39 Å². The predicted octanol–water partition coefficient (Wildman–Crippen LogP) is 2.81. The van der Waals surface area contributed by atoms with Crippen LogP contribution in [-0.4, -0.2) is 25.5 Å². The minimum Gasteiger partial charge on any atom is -0.494 e. The van der Waals surface area contributed by atoms with Crippen molar-refractivity contribution < 1.29 is 18.7 Å². The zero-order valence-corrected chi connectivity index (χ0v) is 14.4. The van der Waals surface area contributed by atoms with E-state index in [1.807, 2.05) is 28.7 Å². The van der Waals surface area contributed by atoms with E-state index >= 15 is 0 Å². The van der Waals surface area contributed by atoms with E-state index in [9.17, 15) is 14.0 Å². The molecule has 0 heterocycles. The number of methoxy groups -OCH3 is 1. The molecule has 5 nitrogen and oxygen atoms in total. The first-order chi connectivity index (χ1) is 11.0. The standard InChI is InChI=1S/C16H14FIN2O3/c1-23-14-7-6-10(8-12(14)17)20-15(21)9-19-16(22)11-4-2-3-5-13(11)18/h2-8H,9H2,1H3,(H,19,22)(H,20,21). The summed E-state index contributed by atoms with van der Waals surface area (Å²) < 4.78 is 19.1. The van der Waals surface area contributed by atoms with Gasteiger partial charge in [-0.1, -0.05) is 12.1 Å². The molecular weight excluding hydrogens is 414 g/mol. The fraction of sp³-hybridized carbons (Fsp3) is 0.125. The van der Waals surface area contributed by atoms with Gasteiger partial charge in [-0.05, 0) is 46.9 Å². The van der Waals surface area contributed by atoms with Gasteiger partial charge in [0.2, 0.25) is 5.91 Å². The lowest BCUT2D eigenvalue weighted by atomic mass is 10.2. The van der Waals surface area contributed by atoms with Gasteiger partial charge in [0.15, 0.2) is 11.6 Å². The van der Waals surface area contributed by atoms with E-state index in [-0.39, 0.29) is 23.9 Å². The minimum absolute atomic E-state index is 0.0926. The molecule has 2 aromatic rings. The average molecular weight is 428 g/mol. The van der Waals surface area contributed by atoms with E-state index in [4.69, 9.17) is 4.74 Å². The number of anilines is 1. The molecule has 2 amide bonds. The van der Waals surface area contributed by atoms with E-state index in [2.05, 4.69) is 10.6 Å². The highest BCUT2D eigenvalue weighted by molar-refractivity contribution is 14.1. The summed E-state index contributed by atoms with van der Waals surface area (Å²) in [5, 5.41) is 5.03. The first-order valence-corrected chi connectivity index (χ1v) is 7.75. The summed E-state index contributed by atoms with van der Waals surface area (Å²) in [6, 6.07) is 11.1. The van der Waals surface area contributed by atoms with Gasteiger partial charge in [0.25, 0.3) is 5.91 Å². The smallest absolute Gasteiger partial charge is 0.252 e. The summed E-state index contributed by atoms with van der Waals surface area (Å²) >= 11 is 2.05. The highest BCUT2D eigenvalue weighted by atomic mass is 127. The number of benzene rings is 2. The van der Waals surface area contributed by atoms with Crippen LogP contribution < -0.4 is 15.4 Å². The summed E-state index contributed by atoms with van der Waals surface area (Å²) in [5.41, 5.74) is 0.785. The molecule has 0 aliphatic heterocycles. The maximum Gasteiger partial charge on any atom is 0.252 e. The third-order valence-corrected chi connectivity index (χ3v) is 3.90. The zero-order valence-electron chi connectivity index (χ0n) is 12.2. The molecule has 0 fully saturated rings. The van der Waals surface area contributed by atoms with Crippen molar-refractivity contribution in [2.45, 2.75) is 0 Å². The lowest BCUT2D eigenvalue weighted by Crippen LogP contribution is -2.33. The minimum atomic E-state index is -0.576. The summed E-state index contributed by atoms with van der Waals surface area (Å²) in [6.07, 6.45) is 0. The van der Waals surface area contributed by atoms with E-state index in [1.54, 1.807) is 18.2 Å². The lowest BCUT2D eigenvalue weighted by Gasteiger charge is -2.09. The maximum absolute atomic E-state index is 13.5. The highest BCUT2D eigenvalue weighted by Gasteiger charge is 2.11. The van der Waals surface area contributed by atoms with Gasteiger partial charge in [0.05, 0.1) is 19.2 Å². The molecule has 0 saturated carbocycles. The Morgan fingerprint density at radius 1 is 1.22 bits per heavy atom. The van der Waals surface area contributed by atoms with Crippen LogP contribution in [0.25, 0.3) is 0 Å². The Kier molecular flexibility index (Phi) is 5.91. The Balaban J connectivity index is 1.91. The summed E-state index contributed by atoms with van der Waals surface area (Å²) in [6.45, 7) is -0.211. The van der Waals surface area contributed by atoms with E-state index in [0.717, 1.165) is 9.64 Å². The summed E-state index contributed by atoms with van der Waals surface area (Å²) in [7, 11) is 1.36. The van der Waals surface area contributed by atoms with Gasteiger partial charge in [-0.2, -0.15) is 0 Å². The third-order valence-electron chi connectivity index (χ3n) is 2.96. The van der Waals surface area contributed by atoms with Gasteiger partial charge in [0, 0.05) is 15.3 Å². The molecule has 0 aliphatic rings. The van der Waals surface area contributed by atoms with Gasteiger partial charge in [-0.3, -0.25) is 9.59 Å². The van der Waals surface area contributed by atoms with E-state index in [1.165, 1.54) is 19.2 Å². The van der Waals surface area contributed by atoms with E-state index in [0.29, 0.717) is 5.56 Å². The number of nitrogens with one attached hydrogen (secondary N) is 2. The summed E-state index contributed by atoms with van der Waals surface area (Å²) in [4.78, 5) is 23.8. The Morgan fingerprint density at radius 2 is 1.96 bits per heavy atom. The van der Waals surface area contributed by atoms with E-state index < -0.39 is 11.7 Å². The van der Waals surface area contributed by atoms with Crippen LogP contribution in [0.2, 0.25) is 0 Å². The zero-order chi connectivity index (χ0) is 16.8. The van der Waals surface area contributed by atoms with Crippen molar-refractivity contribution in [1.82, 2.24) is 5.32 Å². The third kappa shape index (κ3) is 4.65. The second-order valence-electron chi connectivity index (χ2n) is 4.56. The van der Waals surface area contributed by atoms with Crippen molar-refractivity contribution in [1.29, 1.82) is 0 Å². The molecule has 0 saturated heterocycles. The van der Waals surface area contributed by atoms with Gasteiger partial charge in [0.1, 0.15) is 0 Å². The van der Waals surface area contributed by atoms with Crippen molar-refractivity contribution in [3.63, 3.8) is 0 Å². The number of hydrogen-bond donors (Lipinski definition) is 2. The molecule has 0 aliphatic carbocycles. The lowest BCUT2D eigenvalue weighted by molar-refractivity contribution is -0.115. The van der Waals surface area contributed by atoms with Gasteiger partial charge < -0.3 is 15.4 Å². The Morgan fingerprint density at radius 3 is 2.61 bits per heavy atom. The molecular formula is C16H14FIN2O3. The number of rotatable bonds is 5. The fourth-order valence-electron chi connectivity index (χ4n) is 1.85. The van der Waals surface area contributed by atoms with Crippen molar-refractivity contribution in [2.75, 3.05) is 19.0 Å². The number of halogens is 2. The van der Waals surface area contributed by atoms with Gasteiger partial charge in [-0.15, -0.1) is 0 Å². The molecule has 7 heteroatoms. The SMILES string of the molecule is COc1ccc(NC(=O)CNC(=O)c2ccccc2I)cc1F. The highest BCUT2D eigenvalue weighted by Crippen LogP contribution is 2.20. The maximum atomic E-state index is 13.5. The molecule has 2 N–H and O–H groups in total. The van der Waals surface area contributed by atoms with Crippen LogP contribution in [0.5, 0.6) is 5.75 Å². The second-order valence-corrected chi connectivity index (χ2v) is 5.72. The molecule has 0 bridgehead atoms. The average Bonchev–Trinajstić information content (AvgIpc) is 2.53. The Hall–Kier alpha value is -2.16. The van der Waals surface area contributed by atoms with Crippen LogP contribution in [0.15, 0.2) is 42.5 Å². The number of ether oxygens (including phenoxy) is 1. The molecule has 0 aromatic heterocycles. The fourth-order valence-corrected chi connectivity index (χ4v) is 2.48. The second kappa shape index (κ2) is 7.91. The first kappa shape index (κ1) is 17.2. The molecule has 2 aromatic carbocycles. The van der Waals surface area contributed by atoms with Crippen LogP contribution in [-0.2, 0) is 4.79 Å². The first-order valence-electron chi connectivity index (χ1n) is 6.67. The predicted molar refractivity (Wildman–Crippen MR) is 93.1 cm³/mol. The van der Waals surface area contributed by atoms with Crippen LogP contribution in [0.4, 0.5) is 10.1 Å². The molecule has 120 valence electrons. The molecule has 2 rings (SSSR count). The van der Waals surface area contributed by atoms with Crippen LogP contribution >= 0.6 is 22.6 Å². The molecule has 0 radical (unpaired) electrons. The molecule has 0 atom stereocenters. The largest absolute Gasteiger partial charge is 0.494 e. The van der Waals surface area contributed by atoms with Crippen LogP contribution in [0.3, 0.4) is 0 Å². The number of amides is 2. The number of carbonyl (C=O) groups excluding carboxylic acids is 2. The summed E-state index contributed by atoms with van der Waals surface area (Å²) in [5.74, 6) is -1.27. The Bertz CT molecular complexity index is 737. The number of hydrogen-bond acceptors (Lipinski definition) is 3. The van der Waals surface area contributed by atoms with Gasteiger partial charge in [-0.25, -0.2) is 4.39 Å². The topological polar surface area (TPSA) is 67.4 Å². The monoisotopic (exact) mass is 428 g/mol. The van der Waals surface area contributed by atoms with Crippen molar-refractivity contribution in [2.24, 2.45) is 0 Å². The molecule has 23 heavy (non-hydrogen) atoms. The number of carbonyl (C=O) groups is 2. The van der Waals surface area contributed by atoms with Crippen molar-refractivity contribution >= 4 is 40.1 Å². The Labute approximate surface area is 146 Å². The molecule has 0 unspecified atom stereocenters. The van der Waals surface area contributed by atoms with Gasteiger partial charge >= 0.3 is 0 Å². The normalized spacial score (nSPS) is 10.0. The van der Waals surface area contributed by atoms with Crippen LogP contribution in [0.1, 0.15) is 10.4 Å². The van der Waals surface area contributed by atoms with Crippen molar-refractivity contribution in [3.8, 4) is 5.75 Å². The quantitative estimate of drug-likeness (QED) is 0.721.